The first-order chi connectivity index (χ1) is 9.55. The van der Waals surface area contributed by atoms with Crippen LogP contribution in [0.25, 0.3) is 0 Å². The minimum absolute atomic E-state index is 0.0359. The van der Waals surface area contributed by atoms with Crippen molar-refractivity contribution in [2.24, 2.45) is 11.3 Å². The molecule has 5 heteroatoms. The number of allylic oxidation sites excluding steroid dienone is 2. The first-order valence-electron chi connectivity index (χ1n) is 7.15. The van der Waals surface area contributed by atoms with E-state index in [1.807, 2.05) is 13.0 Å². The van der Waals surface area contributed by atoms with E-state index in [9.17, 15) is 9.59 Å². The molecule has 20 heavy (non-hydrogen) atoms. The molecule has 2 unspecified atom stereocenters. The number of rotatable bonds is 2. The summed E-state index contributed by atoms with van der Waals surface area (Å²) in [4.78, 5) is 25.0. The summed E-state index contributed by atoms with van der Waals surface area (Å²) in [7, 11) is 1.33. The van der Waals surface area contributed by atoms with Crippen LogP contribution in [0.4, 0.5) is 0 Å². The van der Waals surface area contributed by atoms with E-state index >= 15 is 0 Å². The van der Waals surface area contributed by atoms with Gasteiger partial charge in [0.1, 0.15) is 5.41 Å². The van der Waals surface area contributed by atoms with Crippen LogP contribution in [-0.4, -0.2) is 37.9 Å². The molecule has 0 amide bonds. The normalized spacial score (nSPS) is 35.0. The Morgan fingerprint density at radius 3 is 2.75 bits per heavy atom. The van der Waals surface area contributed by atoms with Crippen LogP contribution in [0.1, 0.15) is 32.6 Å². The van der Waals surface area contributed by atoms with Crippen molar-refractivity contribution in [1.82, 2.24) is 0 Å². The second-order valence-corrected chi connectivity index (χ2v) is 5.89. The number of esters is 1. The molecule has 110 valence electrons. The van der Waals surface area contributed by atoms with Crippen LogP contribution in [0.15, 0.2) is 11.6 Å². The monoisotopic (exact) mass is 280 g/mol. The lowest BCUT2D eigenvalue weighted by Gasteiger charge is -2.47. The average Bonchev–Trinajstić information content (AvgIpc) is 2.88. The predicted molar refractivity (Wildman–Crippen MR) is 69.8 cm³/mol. The van der Waals surface area contributed by atoms with E-state index in [1.54, 1.807) is 0 Å². The third-order valence-corrected chi connectivity index (χ3v) is 4.72. The van der Waals surface area contributed by atoms with Gasteiger partial charge in [-0.05, 0) is 12.8 Å². The zero-order valence-electron chi connectivity index (χ0n) is 11.9. The summed E-state index contributed by atoms with van der Waals surface area (Å²) in [5, 5.41) is 0. The van der Waals surface area contributed by atoms with Crippen LogP contribution in [0.2, 0.25) is 0 Å². The lowest BCUT2D eigenvalue weighted by atomic mass is 9.59. The van der Waals surface area contributed by atoms with Gasteiger partial charge in [0.15, 0.2) is 11.6 Å². The highest BCUT2D eigenvalue weighted by molar-refractivity contribution is 6.07. The molecule has 1 spiro atoms. The van der Waals surface area contributed by atoms with E-state index in [0.29, 0.717) is 26.1 Å². The van der Waals surface area contributed by atoms with Crippen molar-refractivity contribution in [3.63, 3.8) is 0 Å². The molecule has 0 aromatic carbocycles. The van der Waals surface area contributed by atoms with Crippen molar-refractivity contribution in [3.05, 3.63) is 11.6 Å². The fraction of sp³-hybridized carbons (Fsp3) is 0.733. The van der Waals surface area contributed by atoms with Crippen molar-refractivity contribution in [2.45, 2.75) is 38.4 Å². The Labute approximate surface area is 118 Å². The zero-order valence-corrected chi connectivity index (χ0v) is 11.9. The number of carbonyl (C=O) groups excluding carboxylic acids is 2. The first kappa shape index (κ1) is 13.8. The molecule has 0 radical (unpaired) electrons. The Morgan fingerprint density at radius 2 is 2.15 bits per heavy atom. The second kappa shape index (κ2) is 4.67. The predicted octanol–water partition coefficient (Wildman–Crippen LogP) is 1.61. The summed E-state index contributed by atoms with van der Waals surface area (Å²) >= 11 is 0. The molecule has 3 aliphatic rings. The van der Waals surface area contributed by atoms with Crippen LogP contribution in [-0.2, 0) is 23.8 Å². The van der Waals surface area contributed by atoms with Crippen molar-refractivity contribution >= 4 is 11.8 Å². The third-order valence-electron chi connectivity index (χ3n) is 4.72. The number of hydrogen-bond acceptors (Lipinski definition) is 5. The fourth-order valence-electron chi connectivity index (χ4n) is 3.82. The van der Waals surface area contributed by atoms with Crippen molar-refractivity contribution in [2.75, 3.05) is 20.3 Å². The van der Waals surface area contributed by atoms with Gasteiger partial charge in [-0.3, -0.25) is 9.59 Å². The van der Waals surface area contributed by atoms with Crippen LogP contribution < -0.4 is 0 Å². The smallest absolute Gasteiger partial charge is 0.319 e. The number of ketones is 1. The van der Waals surface area contributed by atoms with E-state index in [-0.39, 0.29) is 18.1 Å². The number of ether oxygens (including phenoxy) is 3. The Balaban J connectivity index is 2.04. The Bertz CT molecular complexity index is 475. The summed E-state index contributed by atoms with van der Waals surface area (Å²) in [5.74, 6) is -1.58. The topological polar surface area (TPSA) is 61.8 Å². The Kier molecular flexibility index (Phi) is 3.21. The van der Waals surface area contributed by atoms with Crippen molar-refractivity contribution < 1.29 is 23.8 Å². The minimum Gasteiger partial charge on any atom is -0.468 e. The minimum atomic E-state index is -1.12. The molecule has 0 N–H and O–H groups in total. The van der Waals surface area contributed by atoms with Gasteiger partial charge in [-0.15, -0.1) is 0 Å². The van der Waals surface area contributed by atoms with E-state index in [0.717, 1.165) is 12.0 Å². The van der Waals surface area contributed by atoms with Crippen molar-refractivity contribution in [1.29, 1.82) is 0 Å². The fourth-order valence-corrected chi connectivity index (χ4v) is 3.82. The molecule has 1 saturated heterocycles. The number of fused-ring (bicyclic) bond motifs is 2. The highest BCUT2D eigenvalue weighted by Gasteiger charge is 2.62. The molecule has 2 fully saturated rings. The van der Waals surface area contributed by atoms with Gasteiger partial charge in [0.2, 0.25) is 0 Å². The highest BCUT2D eigenvalue weighted by Crippen LogP contribution is 2.53. The van der Waals surface area contributed by atoms with Crippen LogP contribution in [0.3, 0.4) is 0 Å². The van der Waals surface area contributed by atoms with Gasteiger partial charge in [-0.1, -0.05) is 18.6 Å². The second-order valence-electron chi connectivity index (χ2n) is 5.89. The van der Waals surface area contributed by atoms with Crippen LogP contribution >= 0.6 is 0 Å². The van der Waals surface area contributed by atoms with Gasteiger partial charge in [0.05, 0.1) is 20.3 Å². The maximum atomic E-state index is 12.7. The van der Waals surface area contributed by atoms with Crippen LogP contribution in [0.5, 0.6) is 0 Å². The average molecular weight is 280 g/mol. The molecular formula is C15H20O5. The summed E-state index contributed by atoms with van der Waals surface area (Å²) < 4.78 is 16.4. The van der Waals surface area contributed by atoms with E-state index in [4.69, 9.17) is 14.2 Å². The van der Waals surface area contributed by atoms with Gasteiger partial charge in [0.25, 0.3) is 0 Å². The first-order valence-corrected chi connectivity index (χ1v) is 7.15. The molecule has 2 atom stereocenters. The largest absolute Gasteiger partial charge is 0.468 e. The maximum absolute atomic E-state index is 12.7. The summed E-state index contributed by atoms with van der Waals surface area (Å²) in [5.41, 5.74) is 0.0232. The van der Waals surface area contributed by atoms with Gasteiger partial charge >= 0.3 is 5.97 Å². The van der Waals surface area contributed by atoms with Gasteiger partial charge in [-0.2, -0.15) is 0 Å². The van der Waals surface area contributed by atoms with E-state index in [1.165, 1.54) is 7.11 Å². The number of Topliss-reactive ketones (excluding diaryl/α,β-unsaturated/α-hetero) is 1. The third kappa shape index (κ3) is 1.84. The molecule has 1 heterocycles. The Hall–Kier alpha value is -1.20. The van der Waals surface area contributed by atoms with E-state index in [2.05, 4.69) is 0 Å². The maximum Gasteiger partial charge on any atom is 0.319 e. The van der Waals surface area contributed by atoms with Gasteiger partial charge < -0.3 is 14.2 Å². The highest BCUT2D eigenvalue weighted by atomic mass is 16.7. The number of methoxy groups -OCH3 is 1. The molecule has 0 aromatic heterocycles. The Morgan fingerprint density at radius 1 is 1.45 bits per heavy atom. The molecule has 3 rings (SSSR count). The molecule has 2 bridgehead atoms. The zero-order chi connectivity index (χ0) is 14.4. The molecule has 1 saturated carbocycles. The number of carbonyl (C=O) groups is 2. The SMILES string of the molecule is CCC1=CC2CC3(CC(C(=O)OC)(C1)C2=O)OCCO3. The summed E-state index contributed by atoms with van der Waals surface area (Å²) in [6, 6.07) is 0. The number of hydrogen-bond donors (Lipinski definition) is 0. The summed E-state index contributed by atoms with van der Waals surface area (Å²) in [6.45, 7) is 3.08. The van der Waals surface area contributed by atoms with E-state index < -0.39 is 17.2 Å². The summed E-state index contributed by atoms with van der Waals surface area (Å²) in [6.07, 6.45) is 4.06. The standard InChI is InChI=1S/C15H20O5/c1-3-10-6-11-8-15(19-4-5-20-15)9-14(7-10,12(11)16)13(17)18-2/h6,11H,3-5,7-9H2,1-2H3. The molecule has 2 aliphatic carbocycles. The van der Waals surface area contributed by atoms with Crippen LogP contribution in [0, 0.1) is 11.3 Å². The lowest BCUT2D eigenvalue weighted by Crippen LogP contribution is -2.57. The molecule has 1 aliphatic heterocycles. The van der Waals surface area contributed by atoms with Gasteiger partial charge in [0, 0.05) is 18.8 Å². The molecule has 5 nitrogen and oxygen atoms in total. The van der Waals surface area contributed by atoms with Gasteiger partial charge in [-0.25, -0.2) is 0 Å². The molecule has 0 aromatic rings. The quantitative estimate of drug-likeness (QED) is 0.437. The molecular weight excluding hydrogens is 260 g/mol. The van der Waals surface area contributed by atoms with Crippen molar-refractivity contribution in [3.8, 4) is 0 Å². The lowest BCUT2D eigenvalue weighted by molar-refractivity contribution is -0.215.